The van der Waals surface area contributed by atoms with Gasteiger partial charge in [0, 0.05) is 21.8 Å². The van der Waals surface area contributed by atoms with Gasteiger partial charge in [0.05, 0.1) is 0 Å². The largest absolute Gasteiger partial charge is 0.354 e. The van der Waals surface area contributed by atoms with Gasteiger partial charge in [-0.3, -0.25) is 0 Å². The minimum Gasteiger partial charge on any atom is -0.354 e. The summed E-state index contributed by atoms with van der Waals surface area (Å²) in [5.74, 6) is 0. The Morgan fingerprint density at radius 1 is 0.478 bits per heavy atom. The molecule has 23 heavy (non-hydrogen) atoms. The summed E-state index contributed by atoms with van der Waals surface area (Å²) in [6, 6.07) is 30.3. The van der Waals surface area contributed by atoms with Crippen LogP contribution in [0.2, 0.25) is 0 Å². The van der Waals surface area contributed by atoms with Crippen LogP contribution in [0.3, 0.4) is 0 Å². The number of benzene rings is 4. The van der Waals surface area contributed by atoms with E-state index in [2.05, 4.69) is 89.9 Å². The smallest absolute Gasteiger partial charge is 0.0471 e. The molecule has 0 fully saturated rings. The molecule has 5 aromatic rings. The van der Waals surface area contributed by atoms with Crippen LogP contribution in [0, 0.1) is 0 Å². The molecular weight excluding hydrogens is 278 g/mol. The van der Waals surface area contributed by atoms with Gasteiger partial charge in [0.2, 0.25) is 0 Å². The fourth-order valence-corrected chi connectivity index (χ4v) is 3.40. The van der Waals surface area contributed by atoms with Crippen molar-refractivity contribution >= 4 is 32.6 Å². The fraction of sp³-hybridized carbons (Fsp3) is 0. The second kappa shape index (κ2) is 4.72. The molecule has 0 atom stereocenters. The number of aromatic amines is 1. The Hall–Kier alpha value is -3.06. The van der Waals surface area contributed by atoms with Crippen molar-refractivity contribution in [1.82, 2.24) is 4.98 Å². The van der Waals surface area contributed by atoms with Gasteiger partial charge in [-0.05, 0) is 46.2 Å². The zero-order valence-corrected chi connectivity index (χ0v) is 12.6. The molecule has 1 nitrogen and oxygen atoms in total. The van der Waals surface area contributed by atoms with E-state index in [0.29, 0.717) is 0 Å². The normalized spacial score (nSPS) is 11.5. The summed E-state index contributed by atoms with van der Waals surface area (Å²) < 4.78 is 0. The molecule has 0 saturated carbocycles. The molecule has 108 valence electrons. The van der Waals surface area contributed by atoms with Crippen LogP contribution in [-0.4, -0.2) is 4.98 Å². The van der Waals surface area contributed by atoms with Crippen molar-refractivity contribution in [1.29, 1.82) is 0 Å². The quantitative estimate of drug-likeness (QED) is 0.382. The van der Waals surface area contributed by atoms with Gasteiger partial charge in [-0.2, -0.15) is 0 Å². The number of hydrogen-bond donors (Lipinski definition) is 1. The van der Waals surface area contributed by atoms with E-state index in [1.54, 1.807) is 0 Å². The lowest BCUT2D eigenvalue weighted by Crippen LogP contribution is -1.77. The van der Waals surface area contributed by atoms with E-state index in [4.69, 9.17) is 0 Å². The first-order valence-corrected chi connectivity index (χ1v) is 7.88. The molecule has 0 amide bonds. The zero-order chi connectivity index (χ0) is 15.2. The molecule has 0 saturated heterocycles. The van der Waals surface area contributed by atoms with Gasteiger partial charge in [0.25, 0.3) is 0 Å². The van der Waals surface area contributed by atoms with E-state index in [9.17, 15) is 0 Å². The molecule has 1 heterocycles. The molecule has 0 unspecified atom stereocenters. The lowest BCUT2D eigenvalue weighted by Gasteiger charge is -2.02. The Labute approximate surface area is 134 Å². The summed E-state index contributed by atoms with van der Waals surface area (Å²) in [7, 11) is 0. The van der Waals surface area contributed by atoms with Crippen molar-refractivity contribution in [2.45, 2.75) is 0 Å². The molecule has 0 spiro atoms. The summed E-state index contributed by atoms with van der Waals surface area (Å²) in [4.78, 5) is 3.55. The predicted octanol–water partition coefficient (Wildman–Crippen LogP) is 6.14. The number of rotatable bonds is 1. The Bertz CT molecular complexity index is 1150. The Balaban J connectivity index is 1.84. The number of fused-ring (bicyclic) bond motifs is 4. The van der Waals surface area contributed by atoms with E-state index in [1.165, 1.54) is 43.7 Å². The Morgan fingerprint density at radius 2 is 1.17 bits per heavy atom. The van der Waals surface area contributed by atoms with Crippen molar-refractivity contribution in [3.63, 3.8) is 0 Å². The molecule has 0 aliphatic heterocycles. The fourth-order valence-electron chi connectivity index (χ4n) is 3.40. The van der Waals surface area contributed by atoms with Gasteiger partial charge in [-0.25, -0.2) is 0 Å². The highest BCUT2D eigenvalue weighted by molar-refractivity contribution is 6.12. The van der Waals surface area contributed by atoms with Crippen LogP contribution in [0.4, 0.5) is 0 Å². The maximum Gasteiger partial charge on any atom is 0.0471 e. The van der Waals surface area contributed by atoms with Crippen LogP contribution in [-0.2, 0) is 0 Å². The maximum absolute atomic E-state index is 3.55. The van der Waals surface area contributed by atoms with Crippen LogP contribution >= 0.6 is 0 Å². The molecule has 1 aromatic heterocycles. The van der Waals surface area contributed by atoms with E-state index in [1.807, 2.05) is 0 Å². The molecule has 5 rings (SSSR count). The average molecular weight is 293 g/mol. The summed E-state index contributed by atoms with van der Waals surface area (Å²) in [5, 5.41) is 5.13. The molecule has 4 aromatic carbocycles. The van der Waals surface area contributed by atoms with Gasteiger partial charge < -0.3 is 4.98 Å². The highest BCUT2D eigenvalue weighted by Gasteiger charge is 2.07. The summed E-state index contributed by atoms with van der Waals surface area (Å²) in [5.41, 5.74) is 4.90. The van der Waals surface area contributed by atoms with Gasteiger partial charge in [0.15, 0.2) is 0 Å². The lowest BCUT2D eigenvalue weighted by atomic mass is 10.0. The topological polar surface area (TPSA) is 15.8 Å². The van der Waals surface area contributed by atoms with Crippen molar-refractivity contribution in [3.8, 4) is 11.1 Å². The molecule has 0 aliphatic carbocycles. The van der Waals surface area contributed by atoms with Crippen molar-refractivity contribution < 1.29 is 0 Å². The minimum atomic E-state index is 1.19. The van der Waals surface area contributed by atoms with Gasteiger partial charge >= 0.3 is 0 Å². The third kappa shape index (κ3) is 1.94. The molecular formula is C22H15N. The first-order chi connectivity index (χ1) is 11.4. The third-order valence-corrected chi connectivity index (χ3v) is 4.57. The maximum atomic E-state index is 3.55. The zero-order valence-electron chi connectivity index (χ0n) is 12.6. The highest BCUT2D eigenvalue weighted by Crippen LogP contribution is 2.32. The standard InChI is InChI=1S/C22H15N/c1-2-6-15(7-3-1)18-10-11-21-19(13-18)20-12-16-8-4-5-9-17(16)14-22(20)23-21/h1-14,23H. The third-order valence-electron chi connectivity index (χ3n) is 4.57. The van der Waals surface area contributed by atoms with Crippen molar-refractivity contribution in [3.05, 3.63) is 84.9 Å². The number of aromatic nitrogens is 1. The van der Waals surface area contributed by atoms with Crippen LogP contribution in [0.1, 0.15) is 0 Å². The summed E-state index contributed by atoms with van der Waals surface area (Å²) in [6.07, 6.45) is 0. The number of hydrogen-bond acceptors (Lipinski definition) is 0. The second-order valence-electron chi connectivity index (χ2n) is 6.00. The van der Waals surface area contributed by atoms with Crippen LogP contribution in [0.15, 0.2) is 84.9 Å². The second-order valence-corrected chi connectivity index (χ2v) is 6.00. The first kappa shape index (κ1) is 12.5. The average Bonchev–Trinajstić information content (AvgIpc) is 2.97. The monoisotopic (exact) mass is 293 g/mol. The van der Waals surface area contributed by atoms with E-state index in [0.717, 1.165) is 0 Å². The van der Waals surface area contributed by atoms with Gasteiger partial charge in [-0.1, -0.05) is 60.7 Å². The molecule has 1 heteroatoms. The Kier molecular flexibility index (Phi) is 2.56. The van der Waals surface area contributed by atoms with E-state index < -0.39 is 0 Å². The highest BCUT2D eigenvalue weighted by atomic mass is 14.7. The molecule has 0 radical (unpaired) electrons. The van der Waals surface area contributed by atoms with E-state index in [-0.39, 0.29) is 0 Å². The number of H-pyrrole nitrogens is 1. The van der Waals surface area contributed by atoms with Crippen LogP contribution in [0.25, 0.3) is 43.7 Å². The molecule has 1 N–H and O–H groups in total. The first-order valence-electron chi connectivity index (χ1n) is 7.88. The molecule has 0 aliphatic rings. The minimum absolute atomic E-state index is 1.19. The predicted molar refractivity (Wildman–Crippen MR) is 98.7 cm³/mol. The SMILES string of the molecule is c1ccc(-c2ccc3[nH]c4cc5ccccc5cc4c3c2)cc1. The van der Waals surface area contributed by atoms with Crippen LogP contribution in [0.5, 0.6) is 0 Å². The van der Waals surface area contributed by atoms with Crippen molar-refractivity contribution in [2.24, 2.45) is 0 Å². The van der Waals surface area contributed by atoms with E-state index >= 15 is 0 Å². The number of nitrogens with one attached hydrogen (secondary N) is 1. The Morgan fingerprint density at radius 3 is 2.00 bits per heavy atom. The molecule has 0 bridgehead atoms. The summed E-state index contributed by atoms with van der Waals surface area (Å²) in [6.45, 7) is 0. The van der Waals surface area contributed by atoms with Crippen molar-refractivity contribution in [2.75, 3.05) is 0 Å². The van der Waals surface area contributed by atoms with Gasteiger partial charge in [-0.15, -0.1) is 0 Å². The van der Waals surface area contributed by atoms with Gasteiger partial charge in [0.1, 0.15) is 0 Å². The lowest BCUT2D eigenvalue weighted by molar-refractivity contribution is 1.55. The summed E-state index contributed by atoms with van der Waals surface area (Å²) >= 11 is 0. The van der Waals surface area contributed by atoms with Crippen LogP contribution < -0.4 is 0 Å².